The van der Waals surface area contributed by atoms with Gasteiger partial charge in [0.05, 0.1) is 0 Å². The van der Waals surface area contributed by atoms with Crippen LogP contribution in [0, 0.1) is 0 Å². The van der Waals surface area contributed by atoms with E-state index in [9.17, 15) is 0 Å². The van der Waals surface area contributed by atoms with Crippen molar-refractivity contribution in [1.29, 1.82) is 0 Å². The Labute approximate surface area is 106 Å². The first-order valence-electron chi connectivity index (χ1n) is 6.92. The number of unbranched alkanes of at least 4 members (excludes halogenated alkanes) is 4. The lowest BCUT2D eigenvalue weighted by atomic mass is 9.93. The Balaban J connectivity index is 2.25. The number of hydrogen-bond acceptors (Lipinski definition) is 2. The van der Waals surface area contributed by atoms with Crippen LogP contribution in [0.3, 0.4) is 0 Å². The van der Waals surface area contributed by atoms with Crippen LogP contribution in [0.5, 0.6) is 0 Å². The van der Waals surface area contributed by atoms with Crippen LogP contribution in [0.2, 0.25) is 0 Å². The third kappa shape index (κ3) is 5.31. The molecule has 0 radical (unpaired) electrons. The summed E-state index contributed by atoms with van der Waals surface area (Å²) < 4.78 is 0. The molecule has 1 rings (SSSR count). The molecule has 1 aromatic heterocycles. The fraction of sp³-hybridized carbons (Fsp3) is 0.667. The van der Waals surface area contributed by atoms with E-state index >= 15 is 0 Å². The average Bonchev–Trinajstić information content (AvgIpc) is 2.38. The minimum absolute atomic E-state index is 0.242. The SMILES string of the molecule is CCCCCCCC(N)C(C)c1ccccn1. The summed E-state index contributed by atoms with van der Waals surface area (Å²) in [7, 11) is 0. The van der Waals surface area contributed by atoms with Gasteiger partial charge in [0, 0.05) is 23.9 Å². The Bertz CT molecular complexity index is 284. The van der Waals surface area contributed by atoms with E-state index < -0.39 is 0 Å². The van der Waals surface area contributed by atoms with Crippen molar-refractivity contribution in [3.8, 4) is 0 Å². The quantitative estimate of drug-likeness (QED) is 0.693. The van der Waals surface area contributed by atoms with Crippen LogP contribution in [0.4, 0.5) is 0 Å². The molecule has 2 unspecified atom stereocenters. The van der Waals surface area contributed by atoms with Crippen LogP contribution in [-0.2, 0) is 0 Å². The topological polar surface area (TPSA) is 38.9 Å². The molecule has 17 heavy (non-hydrogen) atoms. The lowest BCUT2D eigenvalue weighted by Crippen LogP contribution is -2.27. The van der Waals surface area contributed by atoms with E-state index in [2.05, 4.69) is 24.9 Å². The van der Waals surface area contributed by atoms with Crippen molar-refractivity contribution in [3.05, 3.63) is 30.1 Å². The van der Waals surface area contributed by atoms with Crippen LogP contribution >= 0.6 is 0 Å². The minimum atomic E-state index is 0.242. The fourth-order valence-corrected chi connectivity index (χ4v) is 2.10. The van der Waals surface area contributed by atoms with Crippen LogP contribution < -0.4 is 5.73 Å². The molecule has 0 bridgehead atoms. The maximum Gasteiger partial charge on any atom is 0.0447 e. The predicted molar refractivity (Wildman–Crippen MR) is 74.0 cm³/mol. The molecule has 2 heteroatoms. The van der Waals surface area contributed by atoms with E-state index in [1.807, 2.05) is 18.3 Å². The molecule has 0 saturated heterocycles. The van der Waals surface area contributed by atoms with E-state index in [4.69, 9.17) is 5.73 Å². The van der Waals surface area contributed by atoms with Gasteiger partial charge in [0.15, 0.2) is 0 Å². The number of nitrogens with zero attached hydrogens (tertiary/aromatic N) is 1. The van der Waals surface area contributed by atoms with Gasteiger partial charge in [0.25, 0.3) is 0 Å². The number of pyridine rings is 1. The Morgan fingerprint density at radius 1 is 1.18 bits per heavy atom. The molecular weight excluding hydrogens is 208 g/mol. The monoisotopic (exact) mass is 234 g/mol. The molecule has 0 aliphatic carbocycles. The summed E-state index contributed by atoms with van der Waals surface area (Å²) in [5, 5.41) is 0. The number of aromatic nitrogens is 1. The Morgan fingerprint density at radius 3 is 2.59 bits per heavy atom. The van der Waals surface area contributed by atoms with Crippen molar-refractivity contribution in [2.24, 2.45) is 5.73 Å². The average molecular weight is 234 g/mol. The zero-order valence-corrected chi connectivity index (χ0v) is 11.2. The molecule has 0 aliphatic heterocycles. The first-order valence-corrected chi connectivity index (χ1v) is 6.92. The summed E-state index contributed by atoms with van der Waals surface area (Å²) in [6.45, 7) is 4.42. The van der Waals surface area contributed by atoms with Crippen molar-refractivity contribution < 1.29 is 0 Å². The molecule has 0 aromatic carbocycles. The van der Waals surface area contributed by atoms with Crippen molar-refractivity contribution >= 4 is 0 Å². The van der Waals surface area contributed by atoms with Gasteiger partial charge in [0.1, 0.15) is 0 Å². The maximum atomic E-state index is 6.22. The van der Waals surface area contributed by atoms with Crippen LogP contribution in [0.1, 0.15) is 64.0 Å². The van der Waals surface area contributed by atoms with Crippen molar-refractivity contribution in [1.82, 2.24) is 4.98 Å². The van der Waals surface area contributed by atoms with Gasteiger partial charge in [-0.2, -0.15) is 0 Å². The number of hydrogen-bond donors (Lipinski definition) is 1. The van der Waals surface area contributed by atoms with Gasteiger partial charge in [-0.15, -0.1) is 0 Å². The number of rotatable bonds is 8. The van der Waals surface area contributed by atoms with E-state index in [-0.39, 0.29) is 6.04 Å². The predicted octanol–water partition coefficient (Wildman–Crippen LogP) is 3.87. The van der Waals surface area contributed by atoms with Gasteiger partial charge in [-0.25, -0.2) is 0 Å². The van der Waals surface area contributed by atoms with E-state index in [1.165, 1.54) is 32.1 Å². The first-order chi connectivity index (χ1) is 8.25. The summed E-state index contributed by atoms with van der Waals surface area (Å²) in [5.74, 6) is 0.363. The van der Waals surface area contributed by atoms with Crippen molar-refractivity contribution in [2.45, 2.75) is 64.3 Å². The normalized spacial score (nSPS) is 14.5. The first kappa shape index (κ1) is 14.2. The van der Waals surface area contributed by atoms with Crippen molar-refractivity contribution in [2.75, 3.05) is 0 Å². The second kappa shape index (κ2) is 8.24. The van der Waals surface area contributed by atoms with Gasteiger partial charge in [-0.1, -0.05) is 52.0 Å². The second-order valence-corrected chi connectivity index (χ2v) is 4.91. The Hall–Kier alpha value is -0.890. The van der Waals surface area contributed by atoms with Crippen LogP contribution in [0.15, 0.2) is 24.4 Å². The lowest BCUT2D eigenvalue weighted by Gasteiger charge is -2.19. The van der Waals surface area contributed by atoms with Gasteiger partial charge in [0.2, 0.25) is 0 Å². The second-order valence-electron chi connectivity index (χ2n) is 4.91. The summed E-state index contributed by atoms with van der Waals surface area (Å²) in [6.07, 6.45) is 9.53. The summed E-state index contributed by atoms with van der Waals surface area (Å²) in [4.78, 5) is 4.38. The third-order valence-electron chi connectivity index (χ3n) is 3.44. The largest absolute Gasteiger partial charge is 0.327 e. The standard InChI is InChI=1S/C15H26N2/c1-3-4-5-6-7-10-14(16)13(2)15-11-8-9-12-17-15/h8-9,11-14H,3-7,10,16H2,1-2H3. The molecule has 1 heterocycles. The highest BCUT2D eigenvalue weighted by atomic mass is 14.7. The van der Waals surface area contributed by atoms with Crippen molar-refractivity contribution in [3.63, 3.8) is 0 Å². The molecule has 96 valence electrons. The van der Waals surface area contributed by atoms with Crippen LogP contribution in [-0.4, -0.2) is 11.0 Å². The molecule has 2 atom stereocenters. The van der Waals surface area contributed by atoms with E-state index in [0.29, 0.717) is 5.92 Å². The lowest BCUT2D eigenvalue weighted by molar-refractivity contribution is 0.483. The fourth-order valence-electron chi connectivity index (χ4n) is 2.10. The zero-order chi connectivity index (χ0) is 12.5. The summed E-state index contributed by atoms with van der Waals surface area (Å²) >= 11 is 0. The smallest absolute Gasteiger partial charge is 0.0447 e. The molecule has 2 N–H and O–H groups in total. The summed E-state index contributed by atoms with van der Waals surface area (Å²) in [5.41, 5.74) is 7.34. The minimum Gasteiger partial charge on any atom is -0.327 e. The zero-order valence-electron chi connectivity index (χ0n) is 11.2. The molecule has 0 fully saturated rings. The van der Waals surface area contributed by atoms with Gasteiger partial charge >= 0.3 is 0 Å². The maximum absolute atomic E-state index is 6.22. The molecule has 1 aromatic rings. The molecule has 0 saturated carbocycles. The van der Waals surface area contributed by atoms with E-state index in [0.717, 1.165) is 12.1 Å². The third-order valence-corrected chi connectivity index (χ3v) is 3.44. The number of nitrogens with two attached hydrogens (primary N) is 1. The van der Waals surface area contributed by atoms with Gasteiger partial charge < -0.3 is 5.73 Å². The molecular formula is C15H26N2. The van der Waals surface area contributed by atoms with E-state index in [1.54, 1.807) is 0 Å². The van der Waals surface area contributed by atoms with Gasteiger partial charge in [-0.3, -0.25) is 4.98 Å². The highest BCUT2D eigenvalue weighted by Gasteiger charge is 2.14. The molecule has 0 aliphatic rings. The Morgan fingerprint density at radius 2 is 1.94 bits per heavy atom. The highest BCUT2D eigenvalue weighted by molar-refractivity contribution is 5.10. The Kier molecular flexibility index (Phi) is 6.87. The van der Waals surface area contributed by atoms with Crippen LogP contribution in [0.25, 0.3) is 0 Å². The molecule has 2 nitrogen and oxygen atoms in total. The molecule has 0 spiro atoms. The molecule has 0 amide bonds. The highest BCUT2D eigenvalue weighted by Crippen LogP contribution is 2.19. The van der Waals surface area contributed by atoms with Gasteiger partial charge in [-0.05, 0) is 18.6 Å². The summed E-state index contributed by atoms with van der Waals surface area (Å²) in [6, 6.07) is 6.30.